The van der Waals surface area contributed by atoms with Crippen LogP contribution in [0.2, 0.25) is 0 Å². The molecule has 30 heavy (non-hydrogen) atoms. The minimum absolute atomic E-state index is 0.256. The van der Waals surface area contributed by atoms with Gasteiger partial charge in [-0.3, -0.25) is 9.44 Å². The molecule has 0 fully saturated rings. The normalized spacial score (nSPS) is 11.5. The molecule has 0 bridgehead atoms. The fourth-order valence-corrected chi connectivity index (χ4v) is 7.36. The Labute approximate surface area is 189 Å². The maximum Gasteiger partial charge on any atom is 0.328 e. The van der Waals surface area contributed by atoms with Crippen LogP contribution in [0.15, 0.2) is 25.3 Å². The Hall–Kier alpha value is -0.820. The van der Waals surface area contributed by atoms with Crippen LogP contribution in [0.5, 0.6) is 0 Å². The van der Waals surface area contributed by atoms with Gasteiger partial charge in [-0.2, -0.15) is 0 Å². The highest BCUT2D eigenvalue weighted by Crippen LogP contribution is 2.56. The Morgan fingerprint density at radius 1 is 0.767 bits per heavy atom. The Morgan fingerprint density at radius 3 is 1.30 bits per heavy atom. The molecular formula is C18H36N4O4P2S2. The molecule has 0 aromatic heterocycles. The second kappa shape index (κ2) is 15.1. The quantitative estimate of drug-likeness (QED) is 0.180. The first-order chi connectivity index (χ1) is 14.1. The van der Waals surface area contributed by atoms with E-state index in [2.05, 4.69) is 22.6 Å². The van der Waals surface area contributed by atoms with Crippen molar-refractivity contribution in [3.63, 3.8) is 0 Å². The van der Waals surface area contributed by atoms with Crippen molar-refractivity contribution >= 4 is 47.9 Å². The monoisotopic (exact) mass is 498 g/mol. The Kier molecular flexibility index (Phi) is 14.6. The second-order valence-corrected chi connectivity index (χ2v) is 18.0. The molecule has 0 heterocycles. The van der Waals surface area contributed by atoms with Gasteiger partial charge in [-0.25, -0.2) is 9.59 Å². The summed E-state index contributed by atoms with van der Waals surface area (Å²) in [6.45, 7) is 15.8. The van der Waals surface area contributed by atoms with E-state index in [4.69, 9.17) is 0 Å². The minimum Gasteiger partial charge on any atom is -0.319 e. The minimum atomic E-state index is -2.47. The largest absolute Gasteiger partial charge is 0.328 e. The van der Waals surface area contributed by atoms with E-state index in [1.54, 1.807) is 12.2 Å². The summed E-state index contributed by atoms with van der Waals surface area (Å²) < 4.78 is 30.3. The molecule has 0 radical (unpaired) electrons. The number of rotatable bonds is 15. The summed E-state index contributed by atoms with van der Waals surface area (Å²) >= 11 is 1.98. The molecule has 0 aromatic rings. The maximum absolute atomic E-state index is 12.5. The third kappa shape index (κ3) is 10.5. The van der Waals surface area contributed by atoms with Gasteiger partial charge in [0.15, 0.2) is 12.7 Å². The lowest BCUT2D eigenvalue weighted by Crippen LogP contribution is -2.45. The van der Waals surface area contributed by atoms with Crippen molar-refractivity contribution in [2.45, 2.75) is 27.7 Å². The number of nitrogens with zero attached hydrogens (tertiary/aromatic N) is 2. The molecule has 0 aromatic carbocycles. The molecule has 0 aliphatic rings. The molecule has 8 nitrogen and oxygen atoms in total. The summed E-state index contributed by atoms with van der Waals surface area (Å²) in [6, 6.07) is -0.756. The molecule has 0 spiro atoms. The van der Waals surface area contributed by atoms with Crippen molar-refractivity contribution < 1.29 is 18.7 Å². The van der Waals surface area contributed by atoms with E-state index in [1.807, 2.05) is 27.7 Å². The average Bonchev–Trinajstić information content (AvgIpc) is 2.77. The van der Waals surface area contributed by atoms with Crippen LogP contribution in [0.3, 0.4) is 0 Å². The summed E-state index contributed by atoms with van der Waals surface area (Å²) in [6.07, 6.45) is 0.239. The zero-order chi connectivity index (χ0) is 23.2. The highest BCUT2D eigenvalue weighted by Gasteiger charge is 2.24. The van der Waals surface area contributed by atoms with Crippen molar-refractivity contribution in [2.75, 3.05) is 50.8 Å². The fourth-order valence-electron chi connectivity index (χ4n) is 2.18. The van der Waals surface area contributed by atoms with Gasteiger partial charge in [0.1, 0.15) is 0 Å². The number of urea groups is 2. The van der Waals surface area contributed by atoms with E-state index in [1.165, 1.54) is 9.80 Å². The topological polar surface area (TPSA) is 98.8 Å². The number of amides is 4. The van der Waals surface area contributed by atoms with E-state index >= 15 is 0 Å². The first-order valence-electron chi connectivity index (χ1n) is 9.99. The molecule has 4 amide bonds. The highest BCUT2D eigenvalue weighted by atomic mass is 32.7. The van der Waals surface area contributed by atoms with Gasteiger partial charge in [0.05, 0.1) is 0 Å². The molecule has 0 saturated heterocycles. The molecule has 0 rings (SSSR count). The van der Waals surface area contributed by atoms with Crippen LogP contribution in [0.4, 0.5) is 9.59 Å². The van der Waals surface area contributed by atoms with Gasteiger partial charge in [0.25, 0.3) is 0 Å². The summed E-state index contributed by atoms with van der Waals surface area (Å²) in [5, 5.41) is 0. The first-order valence-corrected chi connectivity index (χ1v) is 17.0. The van der Waals surface area contributed by atoms with E-state index in [0.29, 0.717) is 24.6 Å². The van der Waals surface area contributed by atoms with Crippen molar-refractivity contribution in [1.29, 1.82) is 0 Å². The van der Waals surface area contributed by atoms with E-state index in [-0.39, 0.29) is 38.2 Å². The van der Waals surface area contributed by atoms with E-state index in [0.717, 1.165) is 23.1 Å². The number of carbonyl (C=O) groups is 2. The van der Waals surface area contributed by atoms with E-state index < -0.39 is 12.7 Å². The summed E-state index contributed by atoms with van der Waals surface area (Å²) in [5.74, 6) is 0. The molecule has 0 atom stereocenters. The molecule has 0 aliphatic carbocycles. The SMILES string of the molecule is C=CCN(CCN(CC=C)C(=O)NSP(=O)(CC)CC)C(=O)NSP(=O)(CC)CC. The maximum atomic E-state index is 12.5. The number of hydrogen-bond donors (Lipinski definition) is 2. The van der Waals surface area contributed by atoms with Gasteiger partial charge in [0.2, 0.25) is 0 Å². The molecular weight excluding hydrogens is 462 g/mol. The van der Waals surface area contributed by atoms with Crippen LogP contribution in [0.1, 0.15) is 27.7 Å². The van der Waals surface area contributed by atoms with Crippen LogP contribution in [0.25, 0.3) is 0 Å². The molecule has 12 heteroatoms. The number of carbonyl (C=O) groups excluding carboxylic acids is 2. The first kappa shape index (κ1) is 29.2. The van der Waals surface area contributed by atoms with Crippen molar-refractivity contribution in [3.05, 3.63) is 25.3 Å². The lowest BCUT2D eigenvalue weighted by atomic mass is 10.4. The van der Waals surface area contributed by atoms with Gasteiger partial charge in [-0.1, -0.05) is 39.8 Å². The molecule has 0 unspecified atom stereocenters. The third-order valence-corrected chi connectivity index (χ3v) is 15.1. The predicted molar refractivity (Wildman–Crippen MR) is 133 cm³/mol. The van der Waals surface area contributed by atoms with Gasteiger partial charge in [0, 0.05) is 74.0 Å². The van der Waals surface area contributed by atoms with Crippen molar-refractivity contribution in [1.82, 2.24) is 19.2 Å². The summed E-state index contributed by atoms with van der Waals surface area (Å²) in [4.78, 5) is 28.1. The van der Waals surface area contributed by atoms with Crippen LogP contribution < -0.4 is 9.44 Å². The molecule has 2 N–H and O–H groups in total. The van der Waals surface area contributed by atoms with Crippen LogP contribution in [-0.2, 0) is 9.13 Å². The zero-order valence-corrected chi connectivity index (χ0v) is 21.9. The number of nitrogens with one attached hydrogen (secondary N) is 2. The molecule has 0 saturated carbocycles. The molecule has 0 aliphatic heterocycles. The van der Waals surface area contributed by atoms with Gasteiger partial charge >= 0.3 is 12.1 Å². The smallest absolute Gasteiger partial charge is 0.319 e. The standard InChI is InChI=1S/C18H36N4O4P2S2/c1-7-13-21(17(23)19-29-27(25,9-3)10-4)15-16-22(14-8-2)18(24)20-30-28(26,11-5)12-6/h7-8H,1-2,9-16H2,3-6H3,(H,19,23)(H,20,24). The van der Waals surface area contributed by atoms with Gasteiger partial charge in [-0.05, 0) is 0 Å². The summed E-state index contributed by atoms with van der Waals surface area (Å²) in [7, 11) is 0. The van der Waals surface area contributed by atoms with Crippen molar-refractivity contribution in [2.24, 2.45) is 0 Å². The van der Waals surface area contributed by atoms with Crippen LogP contribution >= 0.6 is 35.8 Å². The van der Waals surface area contributed by atoms with Gasteiger partial charge in [-0.15, -0.1) is 13.2 Å². The third-order valence-electron chi connectivity index (χ3n) is 4.44. The molecule has 174 valence electrons. The number of hydrogen-bond acceptors (Lipinski definition) is 6. The lowest BCUT2D eigenvalue weighted by molar-refractivity contribution is 0.190. The van der Waals surface area contributed by atoms with E-state index in [9.17, 15) is 18.7 Å². The highest BCUT2D eigenvalue weighted by molar-refractivity contribution is 8.57. The average molecular weight is 499 g/mol. The Morgan fingerprint density at radius 2 is 1.07 bits per heavy atom. The van der Waals surface area contributed by atoms with Crippen LogP contribution in [-0.4, -0.2) is 72.7 Å². The fraction of sp³-hybridized carbons (Fsp3) is 0.667. The second-order valence-electron chi connectivity index (χ2n) is 6.36. The predicted octanol–water partition coefficient (Wildman–Crippen LogP) is 5.31. The van der Waals surface area contributed by atoms with Crippen LogP contribution in [0, 0.1) is 0 Å². The Balaban J connectivity index is 4.97. The van der Waals surface area contributed by atoms with Gasteiger partial charge < -0.3 is 18.9 Å². The zero-order valence-electron chi connectivity index (χ0n) is 18.5. The summed E-state index contributed by atoms with van der Waals surface area (Å²) in [5.41, 5.74) is 0. The lowest BCUT2D eigenvalue weighted by Gasteiger charge is -2.27. The van der Waals surface area contributed by atoms with Crippen molar-refractivity contribution in [3.8, 4) is 0 Å². The Bertz CT molecular complexity index is 607.